The van der Waals surface area contributed by atoms with Crippen molar-refractivity contribution in [2.75, 3.05) is 0 Å². The quantitative estimate of drug-likeness (QED) is 0.0849. The first-order valence-electron chi connectivity index (χ1n) is 14.3. The summed E-state index contributed by atoms with van der Waals surface area (Å²) in [5, 5.41) is 0. The molecule has 0 heterocycles. The van der Waals surface area contributed by atoms with Crippen molar-refractivity contribution in [2.24, 2.45) is 0 Å². The summed E-state index contributed by atoms with van der Waals surface area (Å²) < 4.78 is 294. The Balaban J connectivity index is 0.000000661. The van der Waals surface area contributed by atoms with Crippen LogP contribution in [0.15, 0.2) is 0 Å². The van der Waals surface area contributed by atoms with Gasteiger partial charge in [0, 0.05) is 0 Å². The molecule has 0 unspecified atom stereocenters. The Morgan fingerprint density at radius 1 is 0.179 bits per heavy atom. The first-order valence-corrected chi connectivity index (χ1v) is 14.3. The number of hydrogen-bond donors (Lipinski definition) is 0. The molecule has 2 aliphatic rings. The Bertz CT molecular complexity index is 1720. The SMILES string of the molecule is Fc1c(F)c(F)c([B-](c2c(F)c(F)c(F)c(F)c2F)(c2c(F)c(F)c(F)c(F)c2F)c2c(F)c(F)c(F)c(F)c2F)c(F)c1F.[CH]1[CH][CH][CH][CH]1.[CH]1[CH][CH][CH][CH]1.[Fe+3]. The largest absolute Gasteiger partial charge is 3.00 e. The zero-order valence-electron chi connectivity index (χ0n) is 26.3. The maximum absolute atomic E-state index is 15.4. The average Bonchev–Trinajstić information content (AvgIpc) is 3.96. The fourth-order valence-corrected chi connectivity index (χ4v) is 5.52. The van der Waals surface area contributed by atoms with Gasteiger partial charge in [0.1, 0.15) is 52.7 Å². The normalized spacial score (nSPS) is 13.9. The Kier molecular flexibility index (Phi) is 15.0. The molecule has 4 aromatic carbocycles. The first-order chi connectivity index (χ1) is 25.7. The first kappa shape index (κ1) is 46.4. The molecule has 56 heavy (non-hydrogen) atoms. The van der Waals surface area contributed by atoms with Crippen LogP contribution in [0.3, 0.4) is 0 Å². The molecule has 0 nitrogen and oxygen atoms in total. The summed E-state index contributed by atoms with van der Waals surface area (Å²) in [5.41, 5.74) is -14.3. The summed E-state index contributed by atoms with van der Waals surface area (Å²) in [7, 11) is 0. The van der Waals surface area contributed by atoms with Crippen molar-refractivity contribution in [3.05, 3.63) is 181 Å². The van der Waals surface area contributed by atoms with Gasteiger partial charge in [-0.25, -0.2) is 87.8 Å². The third-order valence-corrected chi connectivity index (χ3v) is 7.82. The molecule has 22 heteroatoms. The molecule has 0 bridgehead atoms. The van der Waals surface area contributed by atoms with Crippen molar-refractivity contribution in [3.8, 4) is 0 Å². The smallest absolute Gasteiger partial charge is 0.207 e. The molecule has 295 valence electrons. The van der Waals surface area contributed by atoms with Gasteiger partial charge in [-0.05, 0) is 64.2 Å². The van der Waals surface area contributed by atoms with Crippen molar-refractivity contribution in [2.45, 2.75) is 0 Å². The molecule has 2 fully saturated rings. The Morgan fingerprint density at radius 2 is 0.268 bits per heavy atom. The van der Waals surface area contributed by atoms with Crippen molar-refractivity contribution in [1.29, 1.82) is 0 Å². The van der Waals surface area contributed by atoms with Crippen LogP contribution in [0, 0.1) is 181 Å². The van der Waals surface area contributed by atoms with Crippen LogP contribution in [-0.2, 0) is 17.1 Å². The van der Waals surface area contributed by atoms with Crippen LogP contribution in [-0.4, -0.2) is 6.15 Å². The molecule has 11 radical (unpaired) electrons. The van der Waals surface area contributed by atoms with Gasteiger partial charge in [0.25, 0.3) is 0 Å². The zero-order valence-corrected chi connectivity index (χ0v) is 27.4. The average molecular weight is 865 g/mol. The predicted molar refractivity (Wildman–Crippen MR) is 152 cm³/mol. The number of hydrogen-bond acceptors (Lipinski definition) is 0. The third kappa shape index (κ3) is 7.58. The summed E-state index contributed by atoms with van der Waals surface area (Å²) >= 11 is 0. The topological polar surface area (TPSA) is 0 Å². The van der Waals surface area contributed by atoms with E-state index in [1.165, 1.54) is 0 Å². The molecule has 0 spiro atoms. The molecule has 0 saturated heterocycles. The van der Waals surface area contributed by atoms with Crippen LogP contribution in [0.2, 0.25) is 0 Å². The molecule has 6 rings (SSSR count). The van der Waals surface area contributed by atoms with E-state index in [0.29, 0.717) is 0 Å². The summed E-state index contributed by atoms with van der Waals surface area (Å²) in [6, 6.07) is 0. The van der Waals surface area contributed by atoms with Gasteiger partial charge in [0.2, 0.25) is 0 Å². The molecule has 2 saturated carbocycles. The van der Waals surface area contributed by atoms with Crippen molar-refractivity contribution < 1.29 is 105 Å². The van der Waals surface area contributed by atoms with Gasteiger partial charge < -0.3 is 0 Å². The minimum absolute atomic E-state index is 0. The maximum Gasteiger partial charge on any atom is 3.00 e. The number of halogens is 20. The molecular weight excluding hydrogens is 855 g/mol. The van der Waals surface area contributed by atoms with Crippen LogP contribution in [0.25, 0.3) is 0 Å². The van der Waals surface area contributed by atoms with Crippen LogP contribution >= 0.6 is 0 Å². The Hall–Kier alpha value is -3.94. The summed E-state index contributed by atoms with van der Waals surface area (Å²) in [5.74, 6) is -71.4. The summed E-state index contributed by atoms with van der Waals surface area (Å²) in [6.07, 6.45) is 12.8. The second kappa shape index (κ2) is 18.1. The second-order valence-corrected chi connectivity index (χ2v) is 10.7. The predicted octanol–water partition coefficient (Wildman–Crippen LogP) is 7.89. The number of rotatable bonds is 4. The van der Waals surface area contributed by atoms with Crippen molar-refractivity contribution in [3.63, 3.8) is 0 Å². The van der Waals surface area contributed by atoms with Gasteiger partial charge in [-0.15, -0.1) is 21.9 Å². The van der Waals surface area contributed by atoms with E-state index in [9.17, 15) is 52.7 Å². The molecule has 2 aliphatic carbocycles. The van der Waals surface area contributed by atoms with E-state index in [4.69, 9.17) is 0 Å². The van der Waals surface area contributed by atoms with Gasteiger partial charge in [0.05, 0.1) is 0 Å². The minimum atomic E-state index is -7.22. The van der Waals surface area contributed by atoms with Gasteiger partial charge in [-0.1, -0.05) is 0 Å². The summed E-state index contributed by atoms with van der Waals surface area (Å²) in [4.78, 5) is 0. The molecule has 0 aromatic heterocycles. The van der Waals surface area contributed by atoms with Crippen LogP contribution < -0.4 is 21.9 Å². The Morgan fingerprint density at radius 3 is 0.375 bits per heavy atom. The van der Waals surface area contributed by atoms with E-state index < -0.39 is 144 Å². The minimum Gasteiger partial charge on any atom is -0.207 e. The van der Waals surface area contributed by atoms with Crippen LogP contribution in [0.1, 0.15) is 0 Å². The van der Waals surface area contributed by atoms with Crippen molar-refractivity contribution in [1.82, 2.24) is 0 Å². The van der Waals surface area contributed by atoms with Gasteiger partial charge in [-0.2, -0.15) is 0 Å². The zero-order chi connectivity index (χ0) is 41.4. The van der Waals surface area contributed by atoms with Crippen molar-refractivity contribution >= 4 is 28.0 Å². The van der Waals surface area contributed by atoms with E-state index in [1.807, 2.05) is 64.2 Å². The van der Waals surface area contributed by atoms with E-state index in [-0.39, 0.29) is 17.1 Å². The van der Waals surface area contributed by atoms with Gasteiger partial charge in [0.15, 0.2) is 69.8 Å². The van der Waals surface area contributed by atoms with E-state index >= 15 is 35.1 Å². The fraction of sp³-hybridized carbons (Fsp3) is 0. The number of benzene rings is 4. The molecule has 0 amide bonds. The van der Waals surface area contributed by atoms with Crippen LogP contribution in [0.4, 0.5) is 87.8 Å². The van der Waals surface area contributed by atoms with E-state index in [0.717, 1.165) is 0 Å². The molecule has 0 N–H and O–H groups in total. The van der Waals surface area contributed by atoms with Crippen LogP contribution in [0.5, 0.6) is 0 Å². The summed E-state index contributed by atoms with van der Waals surface area (Å²) in [6.45, 7) is 0. The third-order valence-electron chi connectivity index (χ3n) is 7.82. The Labute approximate surface area is 313 Å². The van der Waals surface area contributed by atoms with E-state index in [1.54, 1.807) is 0 Å². The monoisotopic (exact) mass is 865 g/mol. The van der Waals surface area contributed by atoms with E-state index in [2.05, 4.69) is 0 Å². The fourth-order valence-electron chi connectivity index (χ4n) is 5.52. The molecular formula is C34H10BF20Fe+2. The molecule has 0 atom stereocenters. The van der Waals surface area contributed by atoms with Gasteiger partial charge >= 0.3 is 17.1 Å². The standard InChI is InChI=1S/C24BF20.2C5H5.Fe/c26-5-1(6(27)14(35)21(42)13(5)34)25(2-7(28)15(36)22(43)16(37)8(2)29,3-9(30)17(38)23(44)18(39)10(3)31)4-11(32)19(40)24(45)20(41)12(4)33;2*1-2-4-5-3-1;/h;2*1-5H;/q-1;;;+3. The molecule has 0 aliphatic heterocycles. The second-order valence-electron chi connectivity index (χ2n) is 10.7. The van der Waals surface area contributed by atoms with Gasteiger partial charge in [-0.3, -0.25) is 0 Å². The maximum atomic E-state index is 15.4. The molecule has 4 aromatic rings.